The van der Waals surface area contributed by atoms with Crippen LogP contribution in [0.25, 0.3) is 0 Å². The molecule has 0 aliphatic heterocycles. The first kappa shape index (κ1) is 12.4. The Morgan fingerprint density at radius 3 is 2.59 bits per heavy atom. The van der Waals surface area contributed by atoms with Crippen LogP contribution >= 0.6 is 0 Å². The third-order valence-corrected chi connectivity index (χ3v) is 3.65. The minimum Gasteiger partial charge on any atom is -0.312 e. The minimum atomic E-state index is 0.109. The summed E-state index contributed by atoms with van der Waals surface area (Å²) in [5, 5.41) is 3.56. The van der Waals surface area contributed by atoms with Gasteiger partial charge >= 0.3 is 5.69 Å². The minimum absolute atomic E-state index is 0.109. The van der Waals surface area contributed by atoms with E-state index in [2.05, 4.69) is 5.32 Å². The second kappa shape index (κ2) is 6.05. The average Bonchev–Trinajstić information content (AvgIpc) is 2.72. The molecule has 4 nitrogen and oxygen atoms in total. The van der Waals surface area contributed by atoms with Gasteiger partial charge in [-0.3, -0.25) is 9.13 Å². The molecule has 1 saturated carbocycles. The predicted octanol–water partition coefficient (Wildman–Crippen LogP) is 1.59. The second-order valence-corrected chi connectivity index (χ2v) is 4.85. The molecule has 17 heavy (non-hydrogen) atoms. The third kappa shape index (κ3) is 3.22. The number of aryl methyl sites for hydroxylation is 1. The zero-order chi connectivity index (χ0) is 12.1. The van der Waals surface area contributed by atoms with Gasteiger partial charge in [0, 0.05) is 38.1 Å². The van der Waals surface area contributed by atoms with E-state index in [9.17, 15) is 4.79 Å². The zero-order valence-corrected chi connectivity index (χ0v) is 10.7. The van der Waals surface area contributed by atoms with Crippen LogP contribution in [0.1, 0.15) is 39.0 Å². The fourth-order valence-electron chi connectivity index (χ4n) is 2.56. The molecule has 0 atom stereocenters. The number of nitrogens with zero attached hydrogens (tertiary/aromatic N) is 2. The Morgan fingerprint density at radius 2 is 1.94 bits per heavy atom. The maximum Gasteiger partial charge on any atom is 0.328 e. The molecule has 1 aliphatic carbocycles. The van der Waals surface area contributed by atoms with Crippen LogP contribution in [0.4, 0.5) is 0 Å². The lowest BCUT2D eigenvalue weighted by Crippen LogP contribution is -2.35. The van der Waals surface area contributed by atoms with E-state index >= 15 is 0 Å². The van der Waals surface area contributed by atoms with E-state index in [1.165, 1.54) is 32.1 Å². The van der Waals surface area contributed by atoms with Gasteiger partial charge in [0.1, 0.15) is 0 Å². The summed E-state index contributed by atoms with van der Waals surface area (Å²) in [7, 11) is 0. The predicted molar refractivity (Wildman–Crippen MR) is 69.2 cm³/mol. The molecule has 0 radical (unpaired) electrons. The quantitative estimate of drug-likeness (QED) is 0.844. The lowest BCUT2D eigenvalue weighted by molar-refractivity contribution is 0.367. The van der Waals surface area contributed by atoms with Crippen LogP contribution in [0.3, 0.4) is 0 Å². The number of hydrogen-bond donors (Lipinski definition) is 1. The fourth-order valence-corrected chi connectivity index (χ4v) is 2.56. The number of nitrogens with one attached hydrogen (secondary N) is 1. The van der Waals surface area contributed by atoms with Crippen molar-refractivity contribution in [3.63, 3.8) is 0 Å². The van der Waals surface area contributed by atoms with Gasteiger partial charge in [-0.05, 0) is 19.8 Å². The molecule has 0 bridgehead atoms. The van der Waals surface area contributed by atoms with Gasteiger partial charge in [0.2, 0.25) is 0 Å². The van der Waals surface area contributed by atoms with Gasteiger partial charge in [0.15, 0.2) is 0 Å². The molecule has 4 heteroatoms. The highest BCUT2D eigenvalue weighted by Gasteiger charge is 2.12. The van der Waals surface area contributed by atoms with E-state index in [4.69, 9.17) is 0 Å². The average molecular weight is 237 g/mol. The van der Waals surface area contributed by atoms with Gasteiger partial charge in [-0.1, -0.05) is 19.3 Å². The molecule has 96 valence electrons. The molecule has 1 N–H and O–H groups in total. The molecule has 1 aliphatic rings. The second-order valence-electron chi connectivity index (χ2n) is 4.85. The van der Waals surface area contributed by atoms with Crippen LogP contribution < -0.4 is 11.0 Å². The van der Waals surface area contributed by atoms with Crippen LogP contribution in [0, 0.1) is 0 Å². The fraction of sp³-hybridized carbons (Fsp3) is 0.769. The summed E-state index contributed by atoms with van der Waals surface area (Å²) in [6, 6.07) is 0.674. The number of aromatic nitrogens is 2. The Bertz CT molecular complexity index is 388. The smallest absolute Gasteiger partial charge is 0.312 e. The highest BCUT2D eigenvalue weighted by molar-refractivity contribution is 4.81. The first-order valence-corrected chi connectivity index (χ1v) is 6.80. The summed E-state index contributed by atoms with van der Waals surface area (Å²) in [5.74, 6) is 0. The highest BCUT2D eigenvalue weighted by Crippen LogP contribution is 2.16. The van der Waals surface area contributed by atoms with Crippen molar-refractivity contribution in [1.82, 2.24) is 14.5 Å². The number of hydrogen-bond acceptors (Lipinski definition) is 2. The van der Waals surface area contributed by atoms with Crippen LogP contribution in [-0.4, -0.2) is 21.7 Å². The number of rotatable bonds is 5. The van der Waals surface area contributed by atoms with Gasteiger partial charge in [-0.2, -0.15) is 0 Å². The summed E-state index contributed by atoms with van der Waals surface area (Å²) in [6.45, 7) is 4.43. The first-order chi connectivity index (χ1) is 8.31. The molecule has 1 aromatic rings. The van der Waals surface area contributed by atoms with Gasteiger partial charge in [0.25, 0.3) is 0 Å². The highest BCUT2D eigenvalue weighted by atomic mass is 16.1. The number of imidazole rings is 1. The molecule has 1 aromatic heterocycles. The monoisotopic (exact) mass is 237 g/mol. The zero-order valence-electron chi connectivity index (χ0n) is 10.7. The van der Waals surface area contributed by atoms with Crippen molar-refractivity contribution >= 4 is 0 Å². The van der Waals surface area contributed by atoms with E-state index in [0.29, 0.717) is 6.04 Å². The van der Waals surface area contributed by atoms with E-state index in [0.717, 1.165) is 19.6 Å². The molecule has 0 aromatic carbocycles. The van der Waals surface area contributed by atoms with Crippen LogP contribution in [0.15, 0.2) is 17.2 Å². The van der Waals surface area contributed by atoms with Crippen molar-refractivity contribution in [3.05, 3.63) is 22.9 Å². The van der Waals surface area contributed by atoms with Crippen molar-refractivity contribution in [1.29, 1.82) is 0 Å². The molecule has 1 heterocycles. The Labute approximate surface area is 103 Å². The summed E-state index contributed by atoms with van der Waals surface area (Å²) >= 11 is 0. The van der Waals surface area contributed by atoms with Gasteiger partial charge in [-0.25, -0.2) is 4.79 Å². The summed E-state index contributed by atoms with van der Waals surface area (Å²) < 4.78 is 3.53. The maximum absolute atomic E-state index is 11.8. The van der Waals surface area contributed by atoms with E-state index in [1.54, 1.807) is 9.13 Å². The molecule has 0 spiro atoms. The van der Waals surface area contributed by atoms with Crippen molar-refractivity contribution in [2.24, 2.45) is 0 Å². The topological polar surface area (TPSA) is 39.0 Å². The van der Waals surface area contributed by atoms with Crippen molar-refractivity contribution in [3.8, 4) is 0 Å². The lowest BCUT2D eigenvalue weighted by atomic mass is 9.95. The Morgan fingerprint density at radius 1 is 1.24 bits per heavy atom. The normalized spacial score (nSPS) is 17.5. The lowest BCUT2D eigenvalue weighted by Gasteiger charge is -2.22. The Balaban J connectivity index is 1.77. The SMILES string of the molecule is CCn1ccn(CCNC2CCCCC2)c1=O. The maximum atomic E-state index is 11.8. The Kier molecular flexibility index (Phi) is 4.42. The van der Waals surface area contributed by atoms with E-state index in [-0.39, 0.29) is 5.69 Å². The Hall–Kier alpha value is -1.03. The van der Waals surface area contributed by atoms with Crippen molar-refractivity contribution < 1.29 is 0 Å². The summed E-state index contributed by atoms with van der Waals surface area (Å²) in [5.41, 5.74) is 0.109. The van der Waals surface area contributed by atoms with Gasteiger partial charge in [0.05, 0.1) is 0 Å². The van der Waals surface area contributed by atoms with Crippen LogP contribution in [0.5, 0.6) is 0 Å². The molecule has 2 rings (SSSR count). The largest absolute Gasteiger partial charge is 0.328 e. The third-order valence-electron chi connectivity index (χ3n) is 3.65. The van der Waals surface area contributed by atoms with Crippen molar-refractivity contribution in [2.75, 3.05) is 6.54 Å². The molecular formula is C13H23N3O. The van der Waals surface area contributed by atoms with Crippen molar-refractivity contribution in [2.45, 2.75) is 58.2 Å². The molecular weight excluding hydrogens is 214 g/mol. The van der Waals surface area contributed by atoms with E-state index < -0.39 is 0 Å². The molecule has 0 unspecified atom stereocenters. The van der Waals surface area contributed by atoms with Gasteiger partial charge < -0.3 is 5.32 Å². The van der Waals surface area contributed by atoms with Crippen LogP contribution in [-0.2, 0) is 13.1 Å². The van der Waals surface area contributed by atoms with Crippen LogP contribution in [0.2, 0.25) is 0 Å². The summed E-state index contributed by atoms with van der Waals surface area (Å²) in [6.07, 6.45) is 10.4. The molecule has 1 fully saturated rings. The molecule has 0 amide bonds. The first-order valence-electron chi connectivity index (χ1n) is 6.80. The van der Waals surface area contributed by atoms with Gasteiger partial charge in [-0.15, -0.1) is 0 Å². The molecule has 0 saturated heterocycles. The summed E-state index contributed by atoms with van der Waals surface area (Å²) in [4.78, 5) is 11.8. The standard InChI is InChI=1S/C13H23N3O/c1-2-15-10-11-16(13(15)17)9-8-14-12-6-4-3-5-7-12/h10-12,14H,2-9H2,1H3. The van der Waals surface area contributed by atoms with E-state index in [1.807, 2.05) is 19.3 Å².